The molecule has 0 aliphatic rings. The molecule has 1 aromatic carbocycles. The van der Waals surface area contributed by atoms with Gasteiger partial charge in [0.25, 0.3) is 0 Å². The zero-order valence-corrected chi connectivity index (χ0v) is 9.97. The second-order valence-corrected chi connectivity index (χ2v) is 4.05. The summed E-state index contributed by atoms with van der Waals surface area (Å²) in [6, 6.07) is 7.74. The van der Waals surface area contributed by atoms with E-state index in [2.05, 4.69) is 10.3 Å². The standard InChI is InChI=1S/C13H15N3O/c1-10-4-3-5-11(8-10)15-13(17)9-12-14-6-7-16(12)2/h3-8H,9H2,1-2H3,(H,15,17). The summed E-state index contributed by atoms with van der Waals surface area (Å²) in [6.45, 7) is 1.99. The van der Waals surface area contributed by atoms with E-state index in [0.717, 1.165) is 17.1 Å². The highest BCUT2D eigenvalue weighted by Crippen LogP contribution is 2.10. The molecule has 0 atom stereocenters. The lowest BCUT2D eigenvalue weighted by Gasteiger charge is -2.05. The third-order valence-electron chi connectivity index (χ3n) is 2.54. The van der Waals surface area contributed by atoms with Crippen LogP contribution in [0.2, 0.25) is 0 Å². The lowest BCUT2D eigenvalue weighted by atomic mass is 10.2. The van der Waals surface area contributed by atoms with Crippen molar-refractivity contribution in [2.24, 2.45) is 7.05 Å². The Balaban J connectivity index is 2.01. The van der Waals surface area contributed by atoms with Crippen molar-refractivity contribution in [3.05, 3.63) is 48.0 Å². The van der Waals surface area contributed by atoms with Gasteiger partial charge >= 0.3 is 0 Å². The number of aryl methyl sites for hydroxylation is 2. The molecule has 0 radical (unpaired) electrons. The van der Waals surface area contributed by atoms with Gasteiger partial charge in [-0.15, -0.1) is 0 Å². The first-order valence-corrected chi connectivity index (χ1v) is 5.48. The average molecular weight is 229 g/mol. The predicted molar refractivity (Wildman–Crippen MR) is 66.7 cm³/mol. The first kappa shape index (κ1) is 11.4. The molecule has 1 N–H and O–H groups in total. The number of aromatic nitrogens is 2. The van der Waals surface area contributed by atoms with E-state index in [1.807, 2.05) is 49.0 Å². The van der Waals surface area contributed by atoms with Gasteiger partial charge < -0.3 is 9.88 Å². The number of carbonyl (C=O) groups is 1. The minimum absolute atomic E-state index is 0.0510. The molecule has 0 aliphatic heterocycles. The normalized spacial score (nSPS) is 10.2. The van der Waals surface area contributed by atoms with Crippen LogP contribution in [-0.4, -0.2) is 15.5 Å². The summed E-state index contributed by atoms with van der Waals surface area (Å²) in [6.07, 6.45) is 3.81. The van der Waals surface area contributed by atoms with Crippen LogP contribution in [0, 0.1) is 6.92 Å². The number of nitrogens with one attached hydrogen (secondary N) is 1. The Bertz CT molecular complexity index is 531. The van der Waals surface area contributed by atoms with E-state index in [-0.39, 0.29) is 12.3 Å². The van der Waals surface area contributed by atoms with Gasteiger partial charge in [0.2, 0.25) is 5.91 Å². The summed E-state index contributed by atoms with van der Waals surface area (Å²) in [5.41, 5.74) is 1.95. The van der Waals surface area contributed by atoms with Crippen molar-refractivity contribution in [2.75, 3.05) is 5.32 Å². The SMILES string of the molecule is Cc1cccc(NC(=O)Cc2nccn2C)c1. The van der Waals surface area contributed by atoms with Crippen LogP contribution in [0.4, 0.5) is 5.69 Å². The minimum atomic E-state index is -0.0510. The van der Waals surface area contributed by atoms with E-state index in [9.17, 15) is 4.79 Å². The first-order chi connectivity index (χ1) is 8.15. The van der Waals surface area contributed by atoms with Crippen LogP contribution in [0.5, 0.6) is 0 Å². The summed E-state index contributed by atoms with van der Waals surface area (Å²) in [5.74, 6) is 0.708. The van der Waals surface area contributed by atoms with Gasteiger partial charge in [-0.25, -0.2) is 4.98 Å². The van der Waals surface area contributed by atoms with E-state index in [4.69, 9.17) is 0 Å². The molecule has 0 spiro atoms. The number of carbonyl (C=O) groups excluding carboxylic acids is 1. The number of anilines is 1. The second-order valence-electron chi connectivity index (χ2n) is 4.05. The van der Waals surface area contributed by atoms with Crippen molar-refractivity contribution in [2.45, 2.75) is 13.3 Å². The molecule has 4 nitrogen and oxygen atoms in total. The van der Waals surface area contributed by atoms with Gasteiger partial charge in [-0.1, -0.05) is 12.1 Å². The zero-order chi connectivity index (χ0) is 12.3. The Kier molecular flexibility index (Phi) is 3.23. The molecule has 88 valence electrons. The smallest absolute Gasteiger partial charge is 0.231 e. The number of imidazole rings is 1. The predicted octanol–water partition coefficient (Wildman–Crippen LogP) is 1.91. The lowest BCUT2D eigenvalue weighted by Crippen LogP contribution is -2.16. The third kappa shape index (κ3) is 2.93. The van der Waals surface area contributed by atoms with Gasteiger partial charge in [0.05, 0.1) is 6.42 Å². The summed E-state index contributed by atoms with van der Waals surface area (Å²) in [7, 11) is 1.88. The van der Waals surface area contributed by atoms with E-state index >= 15 is 0 Å². The fraction of sp³-hybridized carbons (Fsp3) is 0.231. The molecule has 2 rings (SSSR count). The molecule has 1 aromatic heterocycles. The zero-order valence-electron chi connectivity index (χ0n) is 9.97. The minimum Gasteiger partial charge on any atom is -0.338 e. The number of hydrogen-bond acceptors (Lipinski definition) is 2. The maximum atomic E-state index is 11.8. The molecular formula is C13H15N3O. The first-order valence-electron chi connectivity index (χ1n) is 5.48. The van der Waals surface area contributed by atoms with Crippen molar-refractivity contribution in [1.29, 1.82) is 0 Å². The third-order valence-corrected chi connectivity index (χ3v) is 2.54. The van der Waals surface area contributed by atoms with Gasteiger partial charge in [0, 0.05) is 25.1 Å². The molecule has 0 bridgehead atoms. The lowest BCUT2D eigenvalue weighted by molar-refractivity contribution is -0.115. The van der Waals surface area contributed by atoms with E-state index in [1.165, 1.54) is 0 Å². The second kappa shape index (κ2) is 4.82. The molecule has 0 saturated heterocycles. The molecule has 0 fully saturated rings. The Labute approximate surface area is 100 Å². The van der Waals surface area contributed by atoms with Crippen LogP contribution in [0.15, 0.2) is 36.7 Å². The van der Waals surface area contributed by atoms with E-state index in [1.54, 1.807) is 6.20 Å². The highest BCUT2D eigenvalue weighted by Gasteiger charge is 2.07. The van der Waals surface area contributed by atoms with Crippen LogP contribution in [0.3, 0.4) is 0 Å². The maximum Gasteiger partial charge on any atom is 0.231 e. The molecule has 0 aliphatic carbocycles. The summed E-state index contributed by atoms with van der Waals surface area (Å²) >= 11 is 0. The summed E-state index contributed by atoms with van der Waals surface area (Å²) < 4.78 is 1.84. The molecule has 4 heteroatoms. The van der Waals surface area contributed by atoms with Crippen LogP contribution >= 0.6 is 0 Å². The number of hydrogen-bond donors (Lipinski definition) is 1. The molecule has 1 heterocycles. The monoisotopic (exact) mass is 229 g/mol. The van der Waals surface area contributed by atoms with Gasteiger partial charge in [-0.2, -0.15) is 0 Å². The number of benzene rings is 1. The van der Waals surface area contributed by atoms with Crippen LogP contribution < -0.4 is 5.32 Å². The molecule has 17 heavy (non-hydrogen) atoms. The Morgan fingerprint density at radius 3 is 2.94 bits per heavy atom. The Morgan fingerprint density at radius 1 is 1.47 bits per heavy atom. The van der Waals surface area contributed by atoms with Crippen LogP contribution in [0.1, 0.15) is 11.4 Å². The largest absolute Gasteiger partial charge is 0.338 e. The van der Waals surface area contributed by atoms with Crippen molar-refractivity contribution in [3.63, 3.8) is 0 Å². The maximum absolute atomic E-state index is 11.8. The van der Waals surface area contributed by atoms with Crippen LogP contribution in [0.25, 0.3) is 0 Å². The number of rotatable bonds is 3. The molecule has 0 saturated carbocycles. The summed E-state index contributed by atoms with van der Waals surface area (Å²) in [4.78, 5) is 15.9. The highest BCUT2D eigenvalue weighted by molar-refractivity contribution is 5.91. The van der Waals surface area contributed by atoms with Gasteiger partial charge in [-0.05, 0) is 24.6 Å². The Morgan fingerprint density at radius 2 is 2.29 bits per heavy atom. The quantitative estimate of drug-likeness (QED) is 0.874. The molecular weight excluding hydrogens is 214 g/mol. The Hall–Kier alpha value is -2.10. The highest BCUT2D eigenvalue weighted by atomic mass is 16.1. The van der Waals surface area contributed by atoms with Crippen LogP contribution in [-0.2, 0) is 18.3 Å². The van der Waals surface area contributed by atoms with Crippen molar-refractivity contribution >= 4 is 11.6 Å². The van der Waals surface area contributed by atoms with Crippen molar-refractivity contribution in [3.8, 4) is 0 Å². The molecule has 1 amide bonds. The fourth-order valence-corrected chi connectivity index (χ4v) is 1.64. The molecule has 2 aromatic rings. The fourth-order valence-electron chi connectivity index (χ4n) is 1.64. The van der Waals surface area contributed by atoms with E-state index < -0.39 is 0 Å². The van der Waals surface area contributed by atoms with Gasteiger partial charge in [0.15, 0.2) is 0 Å². The van der Waals surface area contributed by atoms with Crippen molar-refractivity contribution < 1.29 is 4.79 Å². The van der Waals surface area contributed by atoms with Gasteiger partial charge in [0.1, 0.15) is 5.82 Å². The topological polar surface area (TPSA) is 46.9 Å². The average Bonchev–Trinajstić information content (AvgIpc) is 2.64. The van der Waals surface area contributed by atoms with Crippen molar-refractivity contribution in [1.82, 2.24) is 9.55 Å². The number of amides is 1. The molecule has 0 unspecified atom stereocenters. The van der Waals surface area contributed by atoms with Gasteiger partial charge in [-0.3, -0.25) is 4.79 Å². The van der Waals surface area contributed by atoms with E-state index in [0.29, 0.717) is 0 Å². The number of nitrogens with zero attached hydrogens (tertiary/aromatic N) is 2. The summed E-state index contributed by atoms with van der Waals surface area (Å²) in [5, 5.41) is 2.86.